The van der Waals surface area contributed by atoms with Gasteiger partial charge < -0.3 is 33.3 Å². The van der Waals surface area contributed by atoms with Gasteiger partial charge >= 0.3 is 5.89 Å². The number of halogens is 3. The van der Waals surface area contributed by atoms with Crippen molar-refractivity contribution in [3.05, 3.63) is 60.0 Å². The average Bonchev–Trinajstić information content (AvgIpc) is 2.97. The molecule has 26 heavy (non-hydrogen) atoms. The molecule has 0 aliphatic carbocycles. The summed E-state index contributed by atoms with van der Waals surface area (Å²) in [7, 11) is 2.00. The molecular weight excluding hydrogens is 482 g/mol. The van der Waals surface area contributed by atoms with E-state index in [1.165, 1.54) is 0 Å². The number of oxazole rings is 1. The average molecular weight is 503 g/mol. The first kappa shape index (κ1) is 21.1. The molecule has 0 bridgehead atoms. The van der Waals surface area contributed by atoms with E-state index in [1.807, 2.05) is 42.0 Å². The minimum absolute atomic E-state index is 0. The van der Waals surface area contributed by atoms with Crippen molar-refractivity contribution in [3.63, 3.8) is 0 Å². The molecule has 3 aromatic rings. The topological polar surface area (TPSA) is 20.3 Å². The smallest absolute Gasteiger partial charge is 0.373 e. The minimum Gasteiger partial charge on any atom is -1.00 e. The molecule has 0 fully saturated rings. The monoisotopic (exact) mass is 502 g/mol. The van der Waals surface area contributed by atoms with Crippen LogP contribution in [0.5, 0.6) is 0 Å². The number of hydrogen-bond acceptors (Lipinski definition) is 2. The lowest BCUT2D eigenvalue weighted by Crippen LogP contribution is -3.00. The highest BCUT2D eigenvalue weighted by molar-refractivity contribution is 6.18. The molecule has 3 rings (SSSR count). The molecule has 2 aromatic carbocycles. The molecule has 0 N–H and O–H groups in total. The van der Waals surface area contributed by atoms with Crippen molar-refractivity contribution in [3.8, 4) is 0 Å². The number of rotatable bonds is 7. The summed E-state index contributed by atoms with van der Waals surface area (Å²) in [5, 5.41) is 0. The molecule has 1 heterocycles. The maximum absolute atomic E-state index is 5.88. The van der Waals surface area contributed by atoms with Crippen LogP contribution in [0.1, 0.15) is 11.5 Å². The number of aryl methyl sites for hydroxylation is 1. The van der Waals surface area contributed by atoms with Crippen molar-refractivity contribution in [1.29, 1.82) is 0 Å². The summed E-state index contributed by atoms with van der Waals surface area (Å²) in [5.41, 5.74) is 4.21. The Morgan fingerprint density at radius 2 is 1.62 bits per heavy atom. The number of alkyl halides is 2. The second kappa shape index (κ2) is 10.2. The van der Waals surface area contributed by atoms with E-state index in [-0.39, 0.29) is 24.0 Å². The van der Waals surface area contributed by atoms with Gasteiger partial charge in [0.15, 0.2) is 0 Å². The highest BCUT2D eigenvalue weighted by Crippen LogP contribution is 2.18. The Morgan fingerprint density at radius 1 is 0.962 bits per heavy atom. The van der Waals surface area contributed by atoms with Crippen LogP contribution in [0, 0.1) is 0 Å². The molecular formula is C20H21Cl2IN2O. The third kappa shape index (κ3) is 4.93. The van der Waals surface area contributed by atoms with Crippen molar-refractivity contribution in [2.24, 2.45) is 7.05 Å². The summed E-state index contributed by atoms with van der Waals surface area (Å²) < 4.78 is 7.93. The number of fused-ring (bicyclic) bond motifs is 1. The molecule has 0 radical (unpaired) electrons. The molecule has 0 aliphatic rings. The fourth-order valence-corrected chi connectivity index (χ4v) is 3.21. The molecule has 138 valence electrons. The van der Waals surface area contributed by atoms with E-state index in [2.05, 4.69) is 35.2 Å². The van der Waals surface area contributed by atoms with Gasteiger partial charge in [0.1, 0.15) is 7.05 Å². The summed E-state index contributed by atoms with van der Waals surface area (Å²) >= 11 is 11.7. The Hall–Kier alpha value is -1.24. The normalized spacial score (nSPS) is 11.0. The van der Waals surface area contributed by atoms with Gasteiger partial charge in [0.25, 0.3) is 5.52 Å². The first-order chi connectivity index (χ1) is 12.2. The predicted octanol–water partition coefficient (Wildman–Crippen LogP) is 1.72. The Balaban J connectivity index is 0.00000243. The van der Waals surface area contributed by atoms with Crippen LogP contribution in [0.25, 0.3) is 23.3 Å². The van der Waals surface area contributed by atoms with Crippen LogP contribution in [0.15, 0.2) is 52.9 Å². The number of anilines is 1. The molecule has 0 spiro atoms. The second-order valence-corrected chi connectivity index (χ2v) is 6.51. The molecule has 0 atom stereocenters. The first-order valence-electron chi connectivity index (χ1n) is 8.25. The van der Waals surface area contributed by atoms with Crippen LogP contribution in [-0.4, -0.2) is 24.8 Å². The molecule has 3 nitrogen and oxygen atoms in total. The minimum atomic E-state index is 0. The van der Waals surface area contributed by atoms with E-state index in [9.17, 15) is 0 Å². The van der Waals surface area contributed by atoms with Crippen LogP contribution in [-0.2, 0) is 7.05 Å². The van der Waals surface area contributed by atoms with Gasteiger partial charge in [0, 0.05) is 36.6 Å². The van der Waals surface area contributed by atoms with Crippen molar-refractivity contribution >= 4 is 52.1 Å². The second-order valence-electron chi connectivity index (χ2n) is 5.76. The number of nitrogens with zero attached hydrogens (tertiary/aromatic N) is 2. The predicted molar refractivity (Wildman–Crippen MR) is 106 cm³/mol. The zero-order chi connectivity index (χ0) is 17.6. The van der Waals surface area contributed by atoms with E-state index in [4.69, 9.17) is 27.6 Å². The van der Waals surface area contributed by atoms with Crippen LogP contribution >= 0.6 is 23.2 Å². The Bertz CT molecular complexity index is 856. The lowest BCUT2D eigenvalue weighted by molar-refractivity contribution is -0.651. The van der Waals surface area contributed by atoms with Gasteiger partial charge in [0.2, 0.25) is 5.58 Å². The van der Waals surface area contributed by atoms with Crippen molar-refractivity contribution < 1.29 is 33.0 Å². The third-order valence-corrected chi connectivity index (χ3v) is 4.50. The van der Waals surface area contributed by atoms with Crippen molar-refractivity contribution in [2.45, 2.75) is 0 Å². The number of aromatic nitrogens is 1. The molecule has 0 unspecified atom stereocenters. The van der Waals surface area contributed by atoms with Gasteiger partial charge in [-0.25, -0.2) is 0 Å². The summed E-state index contributed by atoms with van der Waals surface area (Å²) in [6, 6.07) is 16.4. The number of benzene rings is 2. The summed E-state index contributed by atoms with van der Waals surface area (Å²) in [5.74, 6) is 1.98. The van der Waals surface area contributed by atoms with E-state index >= 15 is 0 Å². The maximum atomic E-state index is 5.88. The van der Waals surface area contributed by atoms with E-state index in [0.717, 1.165) is 41.3 Å². The van der Waals surface area contributed by atoms with Crippen LogP contribution < -0.4 is 33.4 Å². The molecule has 0 saturated carbocycles. The highest BCUT2D eigenvalue weighted by Gasteiger charge is 2.15. The van der Waals surface area contributed by atoms with Crippen LogP contribution in [0.2, 0.25) is 0 Å². The number of hydrogen-bond donors (Lipinski definition) is 0. The highest BCUT2D eigenvalue weighted by atomic mass is 127. The van der Waals surface area contributed by atoms with Gasteiger partial charge in [-0.15, -0.1) is 23.2 Å². The van der Waals surface area contributed by atoms with Crippen LogP contribution in [0.3, 0.4) is 0 Å². The SMILES string of the molecule is C[n+]1c(/C=C/c2ccc(N(CCCl)CCCl)cc2)oc2ccccc21.[I-]. The standard InChI is InChI=1S/C20H21Cl2N2O.HI/c1-23-18-4-2-3-5-19(18)25-20(23)11-8-16-6-9-17(10-7-16)24(14-12-21)15-13-22;/h2-11H,12-15H2,1H3;1H/q+1;/p-1. The number of para-hydroxylation sites is 2. The molecule has 0 saturated heterocycles. The van der Waals surface area contributed by atoms with Crippen LogP contribution in [0.4, 0.5) is 5.69 Å². The van der Waals surface area contributed by atoms with Gasteiger partial charge in [-0.05, 0) is 29.8 Å². The largest absolute Gasteiger partial charge is 1.00 e. The van der Waals surface area contributed by atoms with Crippen molar-refractivity contribution in [1.82, 2.24) is 0 Å². The van der Waals surface area contributed by atoms with Crippen molar-refractivity contribution in [2.75, 3.05) is 29.7 Å². The maximum Gasteiger partial charge on any atom is 0.373 e. The molecule has 6 heteroatoms. The van der Waals surface area contributed by atoms with Gasteiger partial charge in [-0.1, -0.05) is 24.3 Å². The first-order valence-corrected chi connectivity index (χ1v) is 9.32. The molecule has 1 aromatic heterocycles. The van der Waals surface area contributed by atoms with E-state index in [0.29, 0.717) is 11.8 Å². The summed E-state index contributed by atoms with van der Waals surface area (Å²) in [6.45, 7) is 1.58. The lowest BCUT2D eigenvalue weighted by Gasteiger charge is -2.22. The van der Waals surface area contributed by atoms with Gasteiger partial charge in [-0.3, -0.25) is 0 Å². The van der Waals surface area contributed by atoms with E-state index < -0.39 is 0 Å². The summed E-state index contributed by atoms with van der Waals surface area (Å²) in [4.78, 5) is 2.19. The fourth-order valence-electron chi connectivity index (χ4n) is 2.80. The Kier molecular flexibility index (Phi) is 8.25. The quantitative estimate of drug-likeness (QED) is 0.278. The summed E-state index contributed by atoms with van der Waals surface area (Å²) in [6.07, 6.45) is 4.04. The molecule has 0 amide bonds. The Labute approximate surface area is 181 Å². The van der Waals surface area contributed by atoms with E-state index in [1.54, 1.807) is 0 Å². The van der Waals surface area contributed by atoms with Gasteiger partial charge in [0.05, 0.1) is 6.08 Å². The zero-order valence-corrected chi connectivity index (χ0v) is 18.2. The molecule has 0 aliphatic heterocycles. The Morgan fingerprint density at radius 3 is 2.23 bits per heavy atom. The third-order valence-electron chi connectivity index (χ3n) is 4.16. The van der Waals surface area contributed by atoms with Gasteiger partial charge in [-0.2, -0.15) is 4.57 Å². The zero-order valence-electron chi connectivity index (χ0n) is 14.5. The fraction of sp³-hybridized carbons (Fsp3) is 0.250. The lowest BCUT2D eigenvalue weighted by atomic mass is 10.2.